The van der Waals surface area contributed by atoms with Crippen molar-refractivity contribution in [3.05, 3.63) is 90.5 Å². The van der Waals surface area contributed by atoms with Gasteiger partial charge in [-0.25, -0.2) is 4.98 Å². The van der Waals surface area contributed by atoms with Crippen molar-refractivity contribution in [3.63, 3.8) is 0 Å². The fourth-order valence-electron chi connectivity index (χ4n) is 3.09. The molecule has 3 aromatic carbocycles. The van der Waals surface area contributed by atoms with Crippen LogP contribution in [-0.2, 0) is 11.0 Å². The van der Waals surface area contributed by atoms with Crippen molar-refractivity contribution in [3.8, 4) is 22.6 Å². The minimum absolute atomic E-state index is 0.158. The van der Waals surface area contributed by atoms with Crippen molar-refractivity contribution in [2.24, 2.45) is 0 Å². The quantitative estimate of drug-likeness (QED) is 0.327. The van der Waals surface area contributed by atoms with Gasteiger partial charge >= 0.3 is 6.18 Å². The number of rotatable bonds is 6. The lowest BCUT2D eigenvalue weighted by atomic mass is 10.1. The molecule has 0 saturated carbocycles. The fourth-order valence-corrected chi connectivity index (χ4v) is 3.72. The maximum atomic E-state index is 13.1. The van der Waals surface area contributed by atoms with Gasteiger partial charge in [0, 0.05) is 11.1 Å². The van der Waals surface area contributed by atoms with Gasteiger partial charge in [-0.05, 0) is 12.1 Å². The molecule has 1 amide bonds. The summed E-state index contributed by atoms with van der Waals surface area (Å²) >= 11 is 1.01. The lowest BCUT2D eigenvalue weighted by molar-refractivity contribution is -0.137. The molecule has 0 saturated heterocycles. The van der Waals surface area contributed by atoms with E-state index in [1.807, 2.05) is 60.7 Å². The number of thioether (sulfide) groups is 1. The Hall–Kier alpha value is -3.52. The zero-order chi connectivity index (χ0) is 22.6. The average molecular weight is 454 g/mol. The summed E-state index contributed by atoms with van der Waals surface area (Å²) in [5, 5.41) is 2.57. The van der Waals surface area contributed by atoms with E-state index in [-0.39, 0.29) is 16.7 Å². The van der Waals surface area contributed by atoms with Gasteiger partial charge in [0.1, 0.15) is 5.69 Å². The van der Waals surface area contributed by atoms with E-state index in [1.165, 1.54) is 18.2 Å². The minimum Gasteiger partial charge on any atom is -0.431 e. The molecule has 8 heteroatoms. The number of hydrogen-bond donors (Lipinski definition) is 1. The van der Waals surface area contributed by atoms with Gasteiger partial charge in [0.05, 0.1) is 17.0 Å². The first-order valence-corrected chi connectivity index (χ1v) is 10.6. The molecule has 1 aromatic heterocycles. The lowest BCUT2D eigenvalue weighted by Crippen LogP contribution is -2.18. The zero-order valence-electron chi connectivity index (χ0n) is 16.6. The smallest absolute Gasteiger partial charge is 0.418 e. The van der Waals surface area contributed by atoms with E-state index in [4.69, 9.17) is 4.42 Å². The van der Waals surface area contributed by atoms with Gasteiger partial charge in [-0.2, -0.15) is 13.2 Å². The van der Waals surface area contributed by atoms with E-state index in [2.05, 4.69) is 10.3 Å². The Morgan fingerprint density at radius 1 is 0.875 bits per heavy atom. The van der Waals surface area contributed by atoms with Gasteiger partial charge in [0.2, 0.25) is 5.91 Å². The van der Waals surface area contributed by atoms with Gasteiger partial charge in [-0.1, -0.05) is 84.6 Å². The van der Waals surface area contributed by atoms with Crippen LogP contribution in [0.2, 0.25) is 0 Å². The van der Waals surface area contributed by atoms with Crippen molar-refractivity contribution < 1.29 is 22.4 Å². The second-order valence-electron chi connectivity index (χ2n) is 6.77. The number of carbonyl (C=O) groups excluding carboxylic acids is 1. The summed E-state index contributed by atoms with van der Waals surface area (Å²) in [4.78, 5) is 16.9. The monoisotopic (exact) mass is 454 g/mol. The Bertz CT molecular complexity index is 1150. The molecule has 0 radical (unpaired) electrons. The molecule has 0 fully saturated rings. The van der Waals surface area contributed by atoms with Crippen molar-refractivity contribution in [1.82, 2.24) is 4.98 Å². The summed E-state index contributed by atoms with van der Waals surface area (Å²) < 4.78 is 45.3. The number of halogens is 3. The molecule has 32 heavy (non-hydrogen) atoms. The van der Waals surface area contributed by atoms with Gasteiger partial charge in [0.25, 0.3) is 5.22 Å². The molecule has 4 nitrogen and oxygen atoms in total. The van der Waals surface area contributed by atoms with Crippen LogP contribution in [-0.4, -0.2) is 16.6 Å². The van der Waals surface area contributed by atoms with E-state index >= 15 is 0 Å². The Morgan fingerprint density at radius 3 is 2.12 bits per heavy atom. The highest BCUT2D eigenvalue weighted by molar-refractivity contribution is 7.99. The number of alkyl halides is 3. The summed E-state index contributed by atoms with van der Waals surface area (Å²) in [5.74, 6) is -0.190. The lowest BCUT2D eigenvalue weighted by Gasteiger charge is -2.13. The Morgan fingerprint density at radius 2 is 1.47 bits per heavy atom. The first-order chi connectivity index (χ1) is 15.4. The summed E-state index contributed by atoms with van der Waals surface area (Å²) in [5.41, 5.74) is 1.13. The Labute approximate surface area is 186 Å². The molecule has 0 bridgehead atoms. The molecule has 0 aliphatic rings. The third-order valence-corrected chi connectivity index (χ3v) is 5.35. The maximum absolute atomic E-state index is 13.1. The zero-order valence-corrected chi connectivity index (χ0v) is 17.4. The second-order valence-corrected chi connectivity index (χ2v) is 7.70. The molecule has 1 heterocycles. The number of amides is 1. The highest BCUT2D eigenvalue weighted by Gasteiger charge is 2.33. The minimum atomic E-state index is -4.56. The number of nitrogens with one attached hydrogen (secondary N) is 1. The number of anilines is 1. The second kappa shape index (κ2) is 9.32. The van der Waals surface area contributed by atoms with Crippen molar-refractivity contribution in [2.45, 2.75) is 11.4 Å². The Kier molecular flexibility index (Phi) is 6.32. The number of hydrogen-bond acceptors (Lipinski definition) is 4. The third-order valence-electron chi connectivity index (χ3n) is 4.52. The standard InChI is InChI=1S/C24H17F3N2O2S/c25-24(26,27)18-13-7-8-14-19(18)28-20(30)15-32-23-29-21(16-9-3-1-4-10-16)22(31-23)17-11-5-2-6-12-17/h1-14H,15H2,(H,28,30). The van der Waals surface area contributed by atoms with Crippen LogP contribution >= 0.6 is 11.8 Å². The number of para-hydroxylation sites is 1. The van der Waals surface area contributed by atoms with Crippen LogP contribution in [0.5, 0.6) is 0 Å². The van der Waals surface area contributed by atoms with Gasteiger partial charge in [-0.3, -0.25) is 4.79 Å². The van der Waals surface area contributed by atoms with Crippen LogP contribution in [0.15, 0.2) is 94.6 Å². The molecule has 162 valence electrons. The van der Waals surface area contributed by atoms with Gasteiger partial charge in [-0.15, -0.1) is 0 Å². The van der Waals surface area contributed by atoms with Crippen molar-refractivity contribution in [1.29, 1.82) is 0 Å². The summed E-state index contributed by atoms with van der Waals surface area (Å²) in [6.45, 7) is 0. The number of carbonyl (C=O) groups is 1. The number of benzene rings is 3. The van der Waals surface area contributed by atoms with Crippen molar-refractivity contribution in [2.75, 3.05) is 11.1 Å². The number of nitrogens with zero attached hydrogens (tertiary/aromatic N) is 1. The van der Waals surface area contributed by atoms with Crippen LogP contribution in [0, 0.1) is 0 Å². The Balaban J connectivity index is 1.53. The normalized spacial score (nSPS) is 11.3. The van der Waals surface area contributed by atoms with Crippen LogP contribution < -0.4 is 5.32 Å². The molecule has 0 unspecified atom stereocenters. The van der Waals surface area contributed by atoms with Crippen LogP contribution in [0.25, 0.3) is 22.6 Å². The number of oxazole rings is 1. The van der Waals surface area contributed by atoms with E-state index in [1.54, 1.807) is 0 Å². The first-order valence-electron chi connectivity index (χ1n) is 9.62. The molecule has 0 spiro atoms. The first kappa shape index (κ1) is 21.7. The molecule has 4 rings (SSSR count). The molecule has 0 aliphatic heterocycles. The maximum Gasteiger partial charge on any atom is 0.418 e. The van der Waals surface area contributed by atoms with E-state index in [0.29, 0.717) is 11.5 Å². The predicted octanol–water partition coefficient (Wildman–Crippen LogP) is 6.76. The third kappa shape index (κ3) is 5.03. The SMILES string of the molecule is O=C(CSc1nc(-c2ccccc2)c(-c2ccccc2)o1)Nc1ccccc1C(F)(F)F. The number of aromatic nitrogens is 1. The summed E-state index contributed by atoms with van der Waals surface area (Å²) in [6, 6.07) is 23.8. The van der Waals surface area contributed by atoms with Crippen LogP contribution in [0.3, 0.4) is 0 Å². The van der Waals surface area contributed by atoms with E-state index in [9.17, 15) is 18.0 Å². The van der Waals surface area contributed by atoms with E-state index in [0.717, 1.165) is 29.0 Å². The van der Waals surface area contributed by atoms with Crippen LogP contribution in [0.4, 0.5) is 18.9 Å². The highest BCUT2D eigenvalue weighted by Crippen LogP contribution is 2.36. The molecule has 0 aliphatic carbocycles. The average Bonchev–Trinajstić information content (AvgIpc) is 3.23. The highest BCUT2D eigenvalue weighted by atomic mass is 32.2. The van der Waals surface area contributed by atoms with Gasteiger partial charge in [0.15, 0.2) is 5.76 Å². The van der Waals surface area contributed by atoms with E-state index < -0.39 is 17.6 Å². The molecule has 4 aromatic rings. The molecule has 0 atom stereocenters. The van der Waals surface area contributed by atoms with Crippen molar-refractivity contribution >= 4 is 23.4 Å². The summed E-state index contributed by atoms with van der Waals surface area (Å²) in [7, 11) is 0. The molecule has 1 N–H and O–H groups in total. The fraction of sp³-hybridized carbons (Fsp3) is 0.0833. The van der Waals surface area contributed by atoms with Crippen LogP contribution in [0.1, 0.15) is 5.56 Å². The topological polar surface area (TPSA) is 55.1 Å². The molecular formula is C24H17F3N2O2S. The largest absolute Gasteiger partial charge is 0.431 e. The van der Waals surface area contributed by atoms with Gasteiger partial charge < -0.3 is 9.73 Å². The summed E-state index contributed by atoms with van der Waals surface area (Å²) in [6.07, 6.45) is -4.56. The molecular weight excluding hydrogens is 437 g/mol. The predicted molar refractivity (Wildman–Crippen MR) is 118 cm³/mol.